The van der Waals surface area contributed by atoms with E-state index in [1.807, 2.05) is 0 Å². The number of rotatable bonds is 5. The summed E-state index contributed by atoms with van der Waals surface area (Å²) in [7, 11) is 0. The average Bonchev–Trinajstić information content (AvgIpc) is 1.99. The summed E-state index contributed by atoms with van der Waals surface area (Å²) < 4.78 is 0. The van der Waals surface area contributed by atoms with Gasteiger partial charge in [0, 0.05) is 17.8 Å². The minimum Gasteiger partial charge on any atom is -0.370 e. The fourth-order valence-electron chi connectivity index (χ4n) is 1.87. The minimum atomic E-state index is 0.605. The fourth-order valence-corrected chi connectivity index (χ4v) is 1.87. The summed E-state index contributed by atoms with van der Waals surface area (Å²) in [6.45, 7) is 13.5. The third-order valence-corrected chi connectivity index (χ3v) is 2.25. The molecule has 1 heteroatoms. The van der Waals surface area contributed by atoms with Crippen molar-refractivity contribution in [3.8, 4) is 0 Å². The zero-order valence-corrected chi connectivity index (χ0v) is 10.1. The Balaban J connectivity index is 4.36. The first kappa shape index (κ1) is 12.5. The van der Waals surface area contributed by atoms with E-state index in [9.17, 15) is 0 Å². The van der Waals surface area contributed by atoms with Crippen LogP contribution in [0.3, 0.4) is 0 Å². The van der Waals surface area contributed by atoms with Crippen LogP contribution in [0.1, 0.15) is 54.4 Å². The summed E-state index contributed by atoms with van der Waals surface area (Å²) >= 11 is 0. The largest absolute Gasteiger partial charge is 0.370 e. The third kappa shape index (κ3) is 4.35. The van der Waals surface area contributed by atoms with Gasteiger partial charge in [0.25, 0.3) is 0 Å². The van der Waals surface area contributed by atoms with Crippen LogP contribution in [-0.2, 0) is 0 Å². The average molecular weight is 183 g/mol. The highest BCUT2D eigenvalue weighted by Gasteiger charge is 2.12. The second-order valence-electron chi connectivity index (χ2n) is 4.23. The predicted octanol–water partition coefficient (Wildman–Crippen LogP) is 3.81. The Morgan fingerprint density at radius 3 is 1.92 bits per heavy atom. The van der Waals surface area contributed by atoms with Gasteiger partial charge in [-0.2, -0.15) is 0 Å². The lowest BCUT2D eigenvalue weighted by molar-refractivity contribution is 0.231. The molecule has 0 amide bonds. The van der Waals surface area contributed by atoms with Gasteiger partial charge in [-0.15, -0.1) is 0 Å². The van der Waals surface area contributed by atoms with E-state index in [0.717, 1.165) is 0 Å². The molecule has 0 aromatic heterocycles. The summed E-state index contributed by atoms with van der Waals surface area (Å²) in [4.78, 5) is 2.47. The topological polar surface area (TPSA) is 3.24 Å². The SMILES string of the molecule is CCCC=C(C)N(C(C)C)C(C)C. The highest BCUT2D eigenvalue weighted by atomic mass is 15.2. The van der Waals surface area contributed by atoms with Gasteiger partial charge in [0.15, 0.2) is 0 Å². The van der Waals surface area contributed by atoms with Crippen LogP contribution in [0.15, 0.2) is 11.8 Å². The molecule has 0 saturated carbocycles. The molecule has 0 fully saturated rings. The molecule has 78 valence electrons. The monoisotopic (exact) mass is 183 g/mol. The van der Waals surface area contributed by atoms with Gasteiger partial charge in [0.1, 0.15) is 0 Å². The third-order valence-electron chi connectivity index (χ3n) is 2.25. The molecule has 0 atom stereocenters. The molecule has 0 rings (SSSR count). The standard InChI is InChI=1S/C12H25N/c1-7-8-9-12(6)13(10(2)3)11(4)5/h9-11H,7-8H2,1-6H3. The van der Waals surface area contributed by atoms with E-state index in [0.29, 0.717) is 12.1 Å². The number of unbranched alkanes of at least 4 members (excludes halogenated alkanes) is 1. The highest BCUT2D eigenvalue weighted by molar-refractivity contribution is 5.00. The van der Waals surface area contributed by atoms with Crippen LogP contribution in [0.25, 0.3) is 0 Å². The van der Waals surface area contributed by atoms with Crippen LogP contribution >= 0.6 is 0 Å². The summed E-state index contributed by atoms with van der Waals surface area (Å²) in [6.07, 6.45) is 4.78. The number of nitrogens with zero attached hydrogens (tertiary/aromatic N) is 1. The normalized spacial score (nSPS) is 12.8. The van der Waals surface area contributed by atoms with E-state index >= 15 is 0 Å². The Labute approximate surface area is 83.8 Å². The van der Waals surface area contributed by atoms with Crippen molar-refractivity contribution in [2.75, 3.05) is 0 Å². The van der Waals surface area contributed by atoms with E-state index in [4.69, 9.17) is 0 Å². The van der Waals surface area contributed by atoms with Gasteiger partial charge in [-0.3, -0.25) is 0 Å². The Bertz CT molecular complexity index is 149. The molecule has 0 aromatic rings. The molecule has 0 radical (unpaired) electrons. The van der Waals surface area contributed by atoms with Gasteiger partial charge in [0.2, 0.25) is 0 Å². The smallest absolute Gasteiger partial charge is 0.0233 e. The van der Waals surface area contributed by atoms with Gasteiger partial charge in [-0.25, -0.2) is 0 Å². The van der Waals surface area contributed by atoms with Gasteiger partial charge >= 0.3 is 0 Å². The molecule has 0 heterocycles. The van der Waals surface area contributed by atoms with Crippen LogP contribution in [0.2, 0.25) is 0 Å². The van der Waals surface area contributed by atoms with Crippen molar-refractivity contribution in [2.45, 2.75) is 66.5 Å². The van der Waals surface area contributed by atoms with Crippen LogP contribution in [0.4, 0.5) is 0 Å². The van der Waals surface area contributed by atoms with Crippen LogP contribution in [0.5, 0.6) is 0 Å². The number of hydrogen-bond donors (Lipinski definition) is 0. The lowest BCUT2D eigenvalue weighted by atomic mass is 10.2. The molecule has 1 nitrogen and oxygen atoms in total. The van der Waals surface area contributed by atoms with Gasteiger partial charge in [0.05, 0.1) is 0 Å². The van der Waals surface area contributed by atoms with Crippen molar-refractivity contribution in [2.24, 2.45) is 0 Å². The molecular weight excluding hydrogens is 158 g/mol. The van der Waals surface area contributed by atoms with Crippen LogP contribution in [0, 0.1) is 0 Å². The molecule has 0 aromatic carbocycles. The van der Waals surface area contributed by atoms with Crippen LogP contribution in [-0.4, -0.2) is 17.0 Å². The summed E-state index contributed by atoms with van der Waals surface area (Å²) in [6, 6.07) is 1.21. The van der Waals surface area contributed by atoms with E-state index in [2.05, 4.69) is 52.5 Å². The molecule has 0 saturated heterocycles. The maximum Gasteiger partial charge on any atom is 0.0233 e. The molecule has 0 N–H and O–H groups in total. The molecule has 0 bridgehead atoms. The quantitative estimate of drug-likeness (QED) is 0.626. The van der Waals surface area contributed by atoms with Crippen molar-refractivity contribution in [1.82, 2.24) is 4.90 Å². The van der Waals surface area contributed by atoms with Crippen molar-refractivity contribution in [3.05, 3.63) is 11.8 Å². The van der Waals surface area contributed by atoms with Gasteiger partial charge in [-0.05, 0) is 41.0 Å². The fraction of sp³-hybridized carbons (Fsp3) is 0.833. The second-order valence-corrected chi connectivity index (χ2v) is 4.23. The molecule has 0 aliphatic rings. The first-order valence-corrected chi connectivity index (χ1v) is 5.45. The van der Waals surface area contributed by atoms with E-state index < -0.39 is 0 Å². The summed E-state index contributed by atoms with van der Waals surface area (Å²) in [5.41, 5.74) is 1.42. The van der Waals surface area contributed by atoms with Crippen molar-refractivity contribution >= 4 is 0 Å². The van der Waals surface area contributed by atoms with E-state index in [1.54, 1.807) is 0 Å². The molecule has 0 spiro atoms. The number of hydrogen-bond acceptors (Lipinski definition) is 1. The molecule has 0 unspecified atom stereocenters. The van der Waals surface area contributed by atoms with Crippen molar-refractivity contribution in [1.29, 1.82) is 0 Å². The zero-order chi connectivity index (χ0) is 10.4. The Kier molecular flexibility index (Phi) is 5.85. The Hall–Kier alpha value is -0.460. The molecule has 13 heavy (non-hydrogen) atoms. The Morgan fingerprint density at radius 2 is 1.62 bits per heavy atom. The van der Waals surface area contributed by atoms with Crippen molar-refractivity contribution in [3.63, 3.8) is 0 Å². The zero-order valence-electron chi connectivity index (χ0n) is 10.1. The maximum atomic E-state index is 2.47. The summed E-state index contributed by atoms with van der Waals surface area (Å²) in [5, 5.41) is 0. The minimum absolute atomic E-state index is 0.605. The van der Waals surface area contributed by atoms with Crippen LogP contribution < -0.4 is 0 Å². The first-order chi connectivity index (χ1) is 6.00. The predicted molar refractivity (Wildman–Crippen MR) is 60.8 cm³/mol. The second kappa shape index (κ2) is 6.06. The highest BCUT2D eigenvalue weighted by Crippen LogP contribution is 2.14. The molecule has 0 aliphatic carbocycles. The summed E-state index contributed by atoms with van der Waals surface area (Å²) in [5.74, 6) is 0. The lowest BCUT2D eigenvalue weighted by Crippen LogP contribution is -2.35. The van der Waals surface area contributed by atoms with Gasteiger partial charge in [-0.1, -0.05) is 19.4 Å². The first-order valence-electron chi connectivity index (χ1n) is 5.45. The van der Waals surface area contributed by atoms with Crippen molar-refractivity contribution < 1.29 is 0 Å². The Morgan fingerprint density at radius 1 is 1.15 bits per heavy atom. The lowest BCUT2D eigenvalue weighted by Gasteiger charge is -2.33. The molecule has 0 aliphatic heterocycles. The van der Waals surface area contributed by atoms with E-state index in [1.165, 1.54) is 18.5 Å². The maximum absolute atomic E-state index is 2.47. The van der Waals surface area contributed by atoms with Gasteiger partial charge < -0.3 is 4.90 Å². The molecular formula is C12H25N. The van der Waals surface area contributed by atoms with E-state index in [-0.39, 0.29) is 0 Å². The number of allylic oxidation sites excluding steroid dienone is 2.